The first-order valence-corrected chi connectivity index (χ1v) is 4.76. The minimum Gasteiger partial charge on any atom is -0.478 e. The predicted molar refractivity (Wildman–Crippen MR) is 51.9 cm³/mol. The number of carboxylic acids is 1. The molecular weight excluding hydrogens is 218 g/mol. The largest absolute Gasteiger partial charge is 0.478 e. The van der Waals surface area contributed by atoms with E-state index in [1.54, 1.807) is 6.07 Å². The zero-order valence-corrected chi connectivity index (χ0v) is 8.32. The average molecular weight is 228 g/mol. The van der Waals surface area contributed by atoms with E-state index in [2.05, 4.69) is 0 Å². The minimum absolute atomic E-state index is 0.0777. The summed E-state index contributed by atoms with van der Waals surface area (Å²) in [6.45, 7) is -0.260. The van der Waals surface area contributed by atoms with Crippen LogP contribution in [0.4, 0.5) is 8.78 Å². The molecule has 0 spiro atoms. The third kappa shape index (κ3) is 1.48. The summed E-state index contributed by atoms with van der Waals surface area (Å²) in [6, 6.07) is 5.84. The Hall–Kier alpha value is -1.49. The Labute approximate surface area is 90.7 Å². The second kappa shape index (κ2) is 3.83. The molecule has 2 rings (SSSR count). The van der Waals surface area contributed by atoms with Crippen LogP contribution in [-0.4, -0.2) is 30.7 Å². The number of rotatable bonds is 3. The maximum absolute atomic E-state index is 13.0. The maximum atomic E-state index is 13.0. The molecule has 0 radical (unpaired) electrons. The number of hydrogen-bond acceptors (Lipinski definition) is 2. The zero-order chi connectivity index (χ0) is 11.8. The second-order valence-electron chi connectivity index (χ2n) is 3.80. The lowest BCUT2D eigenvalue weighted by molar-refractivity contribution is -0.133. The Balaban J connectivity index is 2.50. The van der Waals surface area contributed by atoms with Crippen LogP contribution < -0.4 is 0 Å². The molecule has 1 heterocycles. The molecule has 3 nitrogen and oxygen atoms in total. The van der Waals surface area contributed by atoms with Crippen molar-refractivity contribution in [3.63, 3.8) is 0 Å². The van der Waals surface area contributed by atoms with Crippen LogP contribution in [0.2, 0.25) is 0 Å². The summed E-state index contributed by atoms with van der Waals surface area (Å²) in [7, 11) is 0. The Bertz CT molecular complexity index is 413. The smallest absolute Gasteiger partial charge is 0.335 e. The molecular formula is C11H10F2O3. The van der Waals surface area contributed by atoms with Crippen molar-refractivity contribution in [1.29, 1.82) is 0 Å². The first-order valence-electron chi connectivity index (χ1n) is 4.76. The van der Waals surface area contributed by atoms with E-state index in [9.17, 15) is 13.6 Å². The summed E-state index contributed by atoms with van der Waals surface area (Å²) in [5, 5.41) is 8.94. The van der Waals surface area contributed by atoms with E-state index < -0.39 is 17.8 Å². The van der Waals surface area contributed by atoms with E-state index >= 15 is 0 Å². The van der Waals surface area contributed by atoms with Crippen LogP contribution in [-0.2, 0) is 10.2 Å². The van der Waals surface area contributed by atoms with Gasteiger partial charge < -0.3 is 9.84 Å². The van der Waals surface area contributed by atoms with Crippen LogP contribution in [0.3, 0.4) is 0 Å². The summed E-state index contributed by atoms with van der Waals surface area (Å²) >= 11 is 0. The molecule has 1 fully saturated rings. The van der Waals surface area contributed by atoms with Gasteiger partial charge in [-0.05, 0) is 11.6 Å². The van der Waals surface area contributed by atoms with Crippen molar-refractivity contribution in [2.75, 3.05) is 13.2 Å². The van der Waals surface area contributed by atoms with Crippen LogP contribution >= 0.6 is 0 Å². The SMILES string of the molecule is O=C(O)c1ccccc1C1(C(F)F)COC1. The van der Waals surface area contributed by atoms with Gasteiger partial charge in [-0.25, -0.2) is 13.6 Å². The predicted octanol–water partition coefficient (Wildman–Crippen LogP) is 1.92. The highest BCUT2D eigenvalue weighted by Crippen LogP contribution is 2.39. The van der Waals surface area contributed by atoms with Crippen molar-refractivity contribution < 1.29 is 23.4 Å². The van der Waals surface area contributed by atoms with Gasteiger partial charge in [0.2, 0.25) is 0 Å². The van der Waals surface area contributed by atoms with E-state index in [0.717, 1.165) is 0 Å². The van der Waals surface area contributed by atoms with Crippen LogP contribution in [0.25, 0.3) is 0 Å². The van der Waals surface area contributed by atoms with Crippen molar-refractivity contribution in [2.24, 2.45) is 0 Å². The van der Waals surface area contributed by atoms with Gasteiger partial charge >= 0.3 is 5.97 Å². The van der Waals surface area contributed by atoms with Gasteiger partial charge in [-0.1, -0.05) is 18.2 Å². The number of ether oxygens (including phenoxy) is 1. The third-order valence-electron chi connectivity index (χ3n) is 2.83. The fourth-order valence-corrected chi connectivity index (χ4v) is 1.82. The molecule has 0 aromatic heterocycles. The minimum atomic E-state index is -2.62. The highest BCUT2D eigenvalue weighted by molar-refractivity contribution is 5.90. The zero-order valence-electron chi connectivity index (χ0n) is 8.32. The van der Waals surface area contributed by atoms with Gasteiger partial charge in [0, 0.05) is 0 Å². The molecule has 1 aliphatic rings. The molecule has 0 aliphatic carbocycles. The van der Waals surface area contributed by atoms with Gasteiger partial charge in [0.1, 0.15) is 5.41 Å². The number of halogens is 2. The molecule has 1 N–H and O–H groups in total. The molecule has 0 saturated carbocycles. The molecule has 5 heteroatoms. The van der Waals surface area contributed by atoms with Crippen LogP contribution in [0.1, 0.15) is 15.9 Å². The fourth-order valence-electron chi connectivity index (χ4n) is 1.82. The number of benzene rings is 1. The number of hydrogen-bond donors (Lipinski definition) is 1. The van der Waals surface area contributed by atoms with Crippen LogP contribution in [0.15, 0.2) is 24.3 Å². The lowest BCUT2D eigenvalue weighted by Crippen LogP contribution is -2.53. The molecule has 0 unspecified atom stereocenters. The van der Waals surface area contributed by atoms with Crippen molar-refractivity contribution in [1.82, 2.24) is 0 Å². The van der Waals surface area contributed by atoms with E-state index in [0.29, 0.717) is 0 Å². The molecule has 16 heavy (non-hydrogen) atoms. The molecule has 1 aromatic rings. The summed E-state index contributed by atoms with van der Waals surface area (Å²) in [6.07, 6.45) is -2.62. The van der Waals surface area contributed by atoms with Gasteiger partial charge in [-0.15, -0.1) is 0 Å². The molecule has 0 atom stereocenters. The topological polar surface area (TPSA) is 46.5 Å². The lowest BCUT2D eigenvalue weighted by atomic mass is 9.76. The van der Waals surface area contributed by atoms with Gasteiger partial charge in [-0.2, -0.15) is 0 Å². The Kier molecular flexibility index (Phi) is 2.63. The number of alkyl halides is 2. The Morgan fingerprint density at radius 1 is 1.38 bits per heavy atom. The van der Waals surface area contributed by atoms with Crippen LogP contribution in [0.5, 0.6) is 0 Å². The number of aromatic carboxylic acids is 1. The van der Waals surface area contributed by atoms with E-state index in [1.807, 2.05) is 0 Å². The second-order valence-corrected chi connectivity index (χ2v) is 3.80. The van der Waals surface area contributed by atoms with E-state index in [4.69, 9.17) is 9.84 Å². The first-order chi connectivity index (χ1) is 7.58. The molecule has 86 valence electrons. The van der Waals surface area contributed by atoms with Gasteiger partial charge in [-0.3, -0.25) is 0 Å². The third-order valence-corrected chi connectivity index (χ3v) is 2.83. The summed E-state index contributed by atoms with van der Waals surface area (Å²) in [5.41, 5.74) is -1.37. The quantitative estimate of drug-likeness (QED) is 0.859. The number of carbonyl (C=O) groups is 1. The normalized spacial score (nSPS) is 18.2. The lowest BCUT2D eigenvalue weighted by Gasteiger charge is -2.41. The number of carboxylic acid groups (broad SMARTS) is 1. The van der Waals surface area contributed by atoms with Gasteiger partial charge in [0.15, 0.2) is 0 Å². The molecule has 1 aromatic carbocycles. The van der Waals surface area contributed by atoms with Crippen LogP contribution in [0, 0.1) is 0 Å². The van der Waals surface area contributed by atoms with Crippen molar-refractivity contribution in [3.05, 3.63) is 35.4 Å². The maximum Gasteiger partial charge on any atom is 0.335 e. The molecule has 1 aliphatic heterocycles. The highest BCUT2D eigenvalue weighted by atomic mass is 19.3. The Morgan fingerprint density at radius 2 is 2.00 bits per heavy atom. The molecule has 0 amide bonds. The summed E-state index contributed by atoms with van der Waals surface area (Å²) < 4.78 is 30.8. The van der Waals surface area contributed by atoms with Gasteiger partial charge in [0.05, 0.1) is 18.8 Å². The van der Waals surface area contributed by atoms with Gasteiger partial charge in [0.25, 0.3) is 6.43 Å². The standard InChI is InChI=1S/C11H10F2O3/c12-10(13)11(5-16-6-11)8-4-2-1-3-7(8)9(14)15/h1-4,10H,5-6H2,(H,14,15). The summed E-state index contributed by atoms with van der Waals surface area (Å²) in [5.74, 6) is -1.19. The van der Waals surface area contributed by atoms with Crippen molar-refractivity contribution >= 4 is 5.97 Å². The van der Waals surface area contributed by atoms with Crippen molar-refractivity contribution in [2.45, 2.75) is 11.8 Å². The first kappa shape index (κ1) is 11.0. The molecule has 1 saturated heterocycles. The highest BCUT2D eigenvalue weighted by Gasteiger charge is 2.50. The average Bonchev–Trinajstić information content (AvgIpc) is 2.15. The fraction of sp³-hybridized carbons (Fsp3) is 0.364. The van der Waals surface area contributed by atoms with E-state index in [1.165, 1.54) is 18.2 Å². The summed E-state index contributed by atoms with van der Waals surface area (Å²) in [4.78, 5) is 10.9. The monoisotopic (exact) mass is 228 g/mol. The molecule has 0 bridgehead atoms. The van der Waals surface area contributed by atoms with E-state index in [-0.39, 0.29) is 24.3 Å². The van der Waals surface area contributed by atoms with Crippen molar-refractivity contribution in [3.8, 4) is 0 Å². The Morgan fingerprint density at radius 3 is 2.44 bits per heavy atom.